The number of nitrogens with zero attached hydrogens (tertiary/aromatic N) is 3. The standard InChI is InChI=1S/C17H17N3O4S/c1-3-15-19-25(22,23)14-9-6-10-18-16(14)20(15)13-8-5-7-12(11-13)17(21)24-4-2/h5-11H,3-4H2,1-2H3. The fourth-order valence-electron chi connectivity index (χ4n) is 2.58. The summed E-state index contributed by atoms with van der Waals surface area (Å²) in [6, 6.07) is 9.78. The molecule has 25 heavy (non-hydrogen) atoms. The first-order chi connectivity index (χ1) is 12.0. The minimum Gasteiger partial charge on any atom is -0.462 e. The lowest BCUT2D eigenvalue weighted by molar-refractivity contribution is 0.0526. The summed E-state index contributed by atoms with van der Waals surface area (Å²) in [6.45, 7) is 3.82. The second kappa shape index (κ2) is 6.64. The van der Waals surface area contributed by atoms with Crippen LogP contribution in [-0.2, 0) is 14.8 Å². The van der Waals surface area contributed by atoms with E-state index in [0.717, 1.165) is 0 Å². The van der Waals surface area contributed by atoms with Crippen molar-refractivity contribution in [1.82, 2.24) is 4.98 Å². The number of hydrogen-bond donors (Lipinski definition) is 0. The number of esters is 1. The molecule has 7 nitrogen and oxygen atoms in total. The molecule has 1 aromatic heterocycles. The van der Waals surface area contributed by atoms with Crippen LogP contribution < -0.4 is 4.90 Å². The maximum absolute atomic E-state index is 12.4. The van der Waals surface area contributed by atoms with Crippen LogP contribution in [0.15, 0.2) is 51.9 Å². The molecule has 0 saturated carbocycles. The lowest BCUT2D eigenvalue weighted by atomic mass is 10.1. The molecule has 8 heteroatoms. The van der Waals surface area contributed by atoms with Gasteiger partial charge >= 0.3 is 5.97 Å². The number of anilines is 2. The van der Waals surface area contributed by atoms with Gasteiger partial charge in [-0.1, -0.05) is 13.0 Å². The van der Waals surface area contributed by atoms with Gasteiger partial charge in [-0.15, -0.1) is 4.40 Å². The van der Waals surface area contributed by atoms with Crippen LogP contribution in [-0.4, -0.2) is 31.8 Å². The third-order valence-corrected chi connectivity index (χ3v) is 4.98. The highest BCUT2D eigenvalue weighted by Gasteiger charge is 2.32. The number of amidine groups is 1. The average molecular weight is 359 g/mol. The fourth-order valence-corrected chi connectivity index (χ4v) is 3.79. The van der Waals surface area contributed by atoms with E-state index in [1.54, 1.807) is 42.2 Å². The van der Waals surface area contributed by atoms with Crippen molar-refractivity contribution in [2.75, 3.05) is 11.5 Å². The molecule has 1 aromatic carbocycles. The van der Waals surface area contributed by atoms with Gasteiger partial charge in [-0.05, 0) is 37.3 Å². The number of ether oxygens (including phenoxy) is 1. The second-order valence-electron chi connectivity index (χ2n) is 5.27. The average Bonchev–Trinajstić information content (AvgIpc) is 2.61. The van der Waals surface area contributed by atoms with Crippen molar-refractivity contribution in [3.05, 3.63) is 48.2 Å². The molecule has 0 unspecified atom stereocenters. The summed E-state index contributed by atoms with van der Waals surface area (Å²) in [6.07, 6.45) is 1.91. The molecule has 1 aliphatic heterocycles. The van der Waals surface area contributed by atoms with E-state index in [1.807, 2.05) is 6.92 Å². The Hall–Kier alpha value is -2.74. The van der Waals surface area contributed by atoms with Crippen LogP contribution in [0, 0.1) is 0 Å². The molecule has 0 radical (unpaired) electrons. The predicted molar refractivity (Wildman–Crippen MR) is 93.7 cm³/mol. The van der Waals surface area contributed by atoms with E-state index in [-0.39, 0.29) is 17.3 Å². The number of aromatic nitrogens is 1. The van der Waals surface area contributed by atoms with Crippen molar-refractivity contribution in [2.24, 2.45) is 4.40 Å². The number of pyridine rings is 1. The molecule has 0 bridgehead atoms. The Morgan fingerprint density at radius 2 is 2.00 bits per heavy atom. The van der Waals surface area contributed by atoms with E-state index in [0.29, 0.717) is 23.5 Å². The quantitative estimate of drug-likeness (QED) is 0.780. The molecule has 0 atom stereocenters. The molecule has 2 heterocycles. The van der Waals surface area contributed by atoms with Gasteiger partial charge in [0.1, 0.15) is 10.7 Å². The maximum atomic E-state index is 12.4. The van der Waals surface area contributed by atoms with Gasteiger partial charge in [-0.25, -0.2) is 9.78 Å². The first-order valence-corrected chi connectivity index (χ1v) is 9.28. The molecule has 0 amide bonds. The maximum Gasteiger partial charge on any atom is 0.338 e. The van der Waals surface area contributed by atoms with Crippen molar-refractivity contribution in [3.8, 4) is 0 Å². The summed E-state index contributed by atoms with van der Waals surface area (Å²) < 4.78 is 33.6. The van der Waals surface area contributed by atoms with E-state index in [4.69, 9.17) is 4.74 Å². The summed E-state index contributed by atoms with van der Waals surface area (Å²) >= 11 is 0. The number of fused-ring (bicyclic) bond motifs is 1. The van der Waals surface area contributed by atoms with Crippen LogP contribution in [0.4, 0.5) is 11.5 Å². The van der Waals surface area contributed by atoms with Crippen molar-refractivity contribution in [1.29, 1.82) is 0 Å². The molecule has 1 aliphatic rings. The first kappa shape index (κ1) is 17.1. The topological polar surface area (TPSA) is 88.9 Å². The third-order valence-electron chi connectivity index (χ3n) is 3.66. The molecule has 0 N–H and O–H groups in total. The zero-order chi connectivity index (χ0) is 18.0. The van der Waals surface area contributed by atoms with Crippen LogP contribution in [0.5, 0.6) is 0 Å². The highest BCUT2D eigenvalue weighted by Crippen LogP contribution is 2.35. The van der Waals surface area contributed by atoms with Crippen LogP contribution >= 0.6 is 0 Å². The summed E-state index contributed by atoms with van der Waals surface area (Å²) in [7, 11) is -3.79. The smallest absolute Gasteiger partial charge is 0.338 e. The van der Waals surface area contributed by atoms with Gasteiger partial charge in [0.15, 0.2) is 5.82 Å². The Labute approximate surface area is 146 Å². The second-order valence-corrected chi connectivity index (χ2v) is 6.84. The number of benzene rings is 1. The van der Waals surface area contributed by atoms with E-state index in [2.05, 4.69) is 9.38 Å². The molecule has 0 spiro atoms. The highest BCUT2D eigenvalue weighted by molar-refractivity contribution is 7.90. The van der Waals surface area contributed by atoms with Gasteiger partial charge < -0.3 is 4.74 Å². The van der Waals surface area contributed by atoms with E-state index in [9.17, 15) is 13.2 Å². The Morgan fingerprint density at radius 1 is 1.20 bits per heavy atom. The van der Waals surface area contributed by atoms with Crippen LogP contribution in [0.1, 0.15) is 30.6 Å². The zero-order valence-electron chi connectivity index (χ0n) is 13.8. The molecule has 2 aromatic rings. The molecular formula is C17H17N3O4S. The normalized spacial score (nSPS) is 15.3. The number of hydrogen-bond acceptors (Lipinski definition) is 6. The summed E-state index contributed by atoms with van der Waals surface area (Å²) in [5, 5.41) is 0. The zero-order valence-corrected chi connectivity index (χ0v) is 14.7. The summed E-state index contributed by atoms with van der Waals surface area (Å²) in [4.78, 5) is 17.9. The molecule has 0 saturated heterocycles. The van der Waals surface area contributed by atoms with Gasteiger partial charge in [0.05, 0.1) is 12.2 Å². The van der Waals surface area contributed by atoms with Gasteiger partial charge in [-0.2, -0.15) is 8.42 Å². The highest BCUT2D eigenvalue weighted by atomic mass is 32.2. The van der Waals surface area contributed by atoms with Crippen molar-refractivity contribution in [3.63, 3.8) is 0 Å². The molecule has 130 valence electrons. The predicted octanol–water partition coefficient (Wildman–Crippen LogP) is 2.91. The van der Waals surface area contributed by atoms with Crippen molar-refractivity contribution in [2.45, 2.75) is 25.2 Å². The molecular weight excluding hydrogens is 342 g/mol. The SMILES string of the molecule is CCOC(=O)c1cccc(N2C(CC)=NS(=O)(=O)c3cccnc32)c1. The number of carbonyl (C=O) groups excluding carboxylic acids is 1. The van der Waals surface area contributed by atoms with E-state index in [1.165, 1.54) is 12.3 Å². The molecule has 0 aliphatic carbocycles. The van der Waals surface area contributed by atoms with E-state index >= 15 is 0 Å². The van der Waals surface area contributed by atoms with Crippen molar-refractivity contribution >= 4 is 33.3 Å². The lowest BCUT2D eigenvalue weighted by Gasteiger charge is -2.29. The minimum atomic E-state index is -3.79. The fraction of sp³-hybridized carbons (Fsp3) is 0.235. The molecule has 0 fully saturated rings. The monoisotopic (exact) mass is 359 g/mol. The third kappa shape index (κ3) is 3.12. The summed E-state index contributed by atoms with van der Waals surface area (Å²) in [5.74, 6) is 0.174. The number of rotatable bonds is 4. The van der Waals surface area contributed by atoms with Gasteiger partial charge in [0, 0.05) is 18.3 Å². The van der Waals surface area contributed by atoms with Crippen LogP contribution in [0.25, 0.3) is 0 Å². The molecule has 3 rings (SSSR count). The van der Waals surface area contributed by atoms with Crippen LogP contribution in [0.2, 0.25) is 0 Å². The first-order valence-electron chi connectivity index (χ1n) is 7.84. The van der Waals surface area contributed by atoms with E-state index < -0.39 is 16.0 Å². The van der Waals surface area contributed by atoms with Crippen LogP contribution in [0.3, 0.4) is 0 Å². The Morgan fingerprint density at radius 3 is 2.72 bits per heavy atom. The number of carbonyl (C=O) groups is 1. The van der Waals surface area contributed by atoms with Gasteiger partial charge in [0.25, 0.3) is 10.0 Å². The van der Waals surface area contributed by atoms with Gasteiger partial charge in [0.2, 0.25) is 0 Å². The summed E-state index contributed by atoms with van der Waals surface area (Å²) in [5.41, 5.74) is 0.974. The van der Waals surface area contributed by atoms with Crippen molar-refractivity contribution < 1.29 is 17.9 Å². The Balaban J connectivity index is 2.16. The Kier molecular flexibility index (Phi) is 4.54. The Bertz CT molecular complexity index is 954. The largest absolute Gasteiger partial charge is 0.462 e. The number of sulfonamides is 1. The lowest BCUT2D eigenvalue weighted by Crippen LogP contribution is -2.32. The van der Waals surface area contributed by atoms with Gasteiger partial charge in [-0.3, -0.25) is 4.90 Å². The minimum absolute atomic E-state index is 0.0359.